The number of aromatic hydroxyl groups is 1. The number of hydrogen-bond donors (Lipinski definition) is 1. The summed E-state index contributed by atoms with van der Waals surface area (Å²) in [5, 5.41) is 9.81. The Labute approximate surface area is 105 Å². The SMILES string of the molecule is CCC1CCCN1Cc1cc(Br)ccc1O. The van der Waals surface area contributed by atoms with Gasteiger partial charge in [0, 0.05) is 22.6 Å². The number of rotatable bonds is 3. The van der Waals surface area contributed by atoms with Crippen molar-refractivity contribution in [1.29, 1.82) is 0 Å². The number of likely N-dealkylation sites (tertiary alicyclic amines) is 1. The van der Waals surface area contributed by atoms with Gasteiger partial charge in [-0.1, -0.05) is 22.9 Å². The molecule has 1 N–H and O–H groups in total. The first kappa shape index (κ1) is 11.9. The average Bonchev–Trinajstić information content (AvgIpc) is 2.71. The van der Waals surface area contributed by atoms with Gasteiger partial charge in [-0.05, 0) is 44.0 Å². The van der Waals surface area contributed by atoms with Crippen molar-refractivity contribution in [2.45, 2.75) is 38.8 Å². The molecule has 1 atom stereocenters. The molecule has 1 unspecified atom stereocenters. The predicted molar refractivity (Wildman–Crippen MR) is 69.5 cm³/mol. The fraction of sp³-hybridized carbons (Fsp3) is 0.538. The Bertz CT molecular complexity index is 367. The summed E-state index contributed by atoms with van der Waals surface area (Å²) < 4.78 is 1.03. The molecule has 0 saturated carbocycles. The summed E-state index contributed by atoms with van der Waals surface area (Å²) in [5.41, 5.74) is 1.02. The second-order valence-corrected chi connectivity index (χ2v) is 5.36. The fourth-order valence-corrected chi connectivity index (χ4v) is 2.87. The van der Waals surface area contributed by atoms with E-state index >= 15 is 0 Å². The van der Waals surface area contributed by atoms with E-state index in [9.17, 15) is 5.11 Å². The van der Waals surface area contributed by atoms with Gasteiger partial charge < -0.3 is 5.11 Å². The highest BCUT2D eigenvalue weighted by Gasteiger charge is 2.23. The maximum atomic E-state index is 9.81. The Morgan fingerprint density at radius 1 is 1.50 bits per heavy atom. The van der Waals surface area contributed by atoms with Crippen LogP contribution in [0.15, 0.2) is 22.7 Å². The van der Waals surface area contributed by atoms with E-state index in [1.807, 2.05) is 12.1 Å². The number of phenolic OH excluding ortho intramolecular Hbond substituents is 1. The number of benzene rings is 1. The molecule has 0 radical (unpaired) electrons. The minimum Gasteiger partial charge on any atom is -0.508 e. The van der Waals surface area contributed by atoms with Crippen LogP contribution in [0, 0.1) is 0 Å². The highest BCUT2D eigenvalue weighted by Crippen LogP contribution is 2.27. The van der Waals surface area contributed by atoms with E-state index < -0.39 is 0 Å². The van der Waals surface area contributed by atoms with Crippen LogP contribution in [-0.2, 0) is 6.54 Å². The molecule has 1 aromatic rings. The van der Waals surface area contributed by atoms with Gasteiger partial charge in [0.2, 0.25) is 0 Å². The van der Waals surface area contributed by atoms with E-state index in [0.717, 1.165) is 23.1 Å². The van der Waals surface area contributed by atoms with Gasteiger partial charge in [0.1, 0.15) is 5.75 Å². The van der Waals surface area contributed by atoms with Gasteiger partial charge in [-0.25, -0.2) is 0 Å². The van der Waals surface area contributed by atoms with Crippen LogP contribution in [0.1, 0.15) is 31.7 Å². The van der Waals surface area contributed by atoms with Gasteiger partial charge in [-0.15, -0.1) is 0 Å². The average molecular weight is 284 g/mol. The fourth-order valence-electron chi connectivity index (χ4n) is 2.47. The third kappa shape index (κ3) is 2.58. The highest BCUT2D eigenvalue weighted by atomic mass is 79.9. The van der Waals surface area contributed by atoms with Gasteiger partial charge >= 0.3 is 0 Å². The quantitative estimate of drug-likeness (QED) is 0.917. The van der Waals surface area contributed by atoms with Gasteiger partial charge in [0.25, 0.3) is 0 Å². The second kappa shape index (κ2) is 5.19. The Kier molecular flexibility index (Phi) is 3.87. The standard InChI is InChI=1S/C13H18BrNO/c1-2-12-4-3-7-15(12)9-10-8-11(14)5-6-13(10)16/h5-6,8,12,16H,2-4,7,9H2,1H3. The zero-order chi connectivity index (χ0) is 11.5. The molecule has 88 valence electrons. The summed E-state index contributed by atoms with van der Waals surface area (Å²) in [6.45, 7) is 4.26. The minimum atomic E-state index is 0.407. The molecule has 0 aliphatic carbocycles. The van der Waals surface area contributed by atoms with Crippen LogP contribution in [-0.4, -0.2) is 22.6 Å². The molecule has 1 heterocycles. The van der Waals surface area contributed by atoms with Crippen LogP contribution in [0.2, 0.25) is 0 Å². The van der Waals surface area contributed by atoms with E-state index in [-0.39, 0.29) is 0 Å². The largest absolute Gasteiger partial charge is 0.508 e. The third-order valence-electron chi connectivity index (χ3n) is 3.39. The molecule has 0 bridgehead atoms. The zero-order valence-electron chi connectivity index (χ0n) is 9.62. The summed E-state index contributed by atoms with van der Waals surface area (Å²) >= 11 is 3.45. The van der Waals surface area contributed by atoms with Gasteiger partial charge in [0.15, 0.2) is 0 Å². The minimum absolute atomic E-state index is 0.407. The zero-order valence-corrected chi connectivity index (χ0v) is 11.2. The number of nitrogens with zero attached hydrogens (tertiary/aromatic N) is 1. The normalized spacial score (nSPS) is 21.5. The molecule has 2 nitrogen and oxygen atoms in total. The number of hydrogen-bond acceptors (Lipinski definition) is 2. The highest BCUT2D eigenvalue weighted by molar-refractivity contribution is 9.10. The first-order chi connectivity index (χ1) is 7.70. The molecule has 1 saturated heterocycles. The molecule has 16 heavy (non-hydrogen) atoms. The van der Waals surface area contributed by atoms with Crippen molar-refractivity contribution in [3.8, 4) is 5.75 Å². The van der Waals surface area contributed by atoms with Crippen molar-refractivity contribution in [3.05, 3.63) is 28.2 Å². The van der Waals surface area contributed by atoms with Crippen LogP contribution >= 0.6 is 15.9 Å². The van der Waals surface area contributed by atoms with E-state index in [1.54, 1.807) is 6.07 Å². The lowest BCUT2D eigenvalue weighted by Crippen LogP contribution is -2.28. The maximum absolute atomic E-state index is 9.81. The molecule has 1 fully saturated rings. The Hall–Kier alpha value is -0.540. The Balaban J connectivity index is 2.11. The van der Waals surface area contributed by atoms with Crippen molar-refractivity contribution in [2.75, 3.05) is 6.54 Å². The van der Waals surface area contributed by atoms with Gasteiger partial charge in [-0.2, -0.15) is 0 Å². The van der Waals surface area contributed by atoms with Crippen LogP contribution in [0.3, 0.4) is 0 Å². The summed E-state index contributed by atoms with van der Waals surface area (Å²) in [7, 11) is 0. The van der Waals surface area contributed by atoms with Crippen LogP contribution in [0.25, 0.3) is 0 Å². The lowest BCUT2D eigenvalue weighted by Gasteiger charge is -2.23. The summed E-state index contributed by atoms with van der Waals surface area (Å²) in [5.74, 6) is 0.407. The van der Waals surface area contributed by atoms with Crippen molar-refractivity contribution in [2.24, 2.45) is 0 Å². The number of phenols is 1. The summed E-state index contributed by atoms with van der Waals surface area (Å²) in [4.78, 5) is 2.47. The molecular weight excluding hydrogens is 266 g/mol. The third-order valence-corrected chi connectivity index (χ3v) is 3.88. The lowest BCUT2D eigenvalue weighted by atomic mass is 10.1. The molecule has 1 aliphatic heterocycles. The summed E-state index contributed by atoms with van der Waals surface area (Å²) in [6.07, 6.45) is 3.79. The topological polar surface area (TPSA) is 23.5 Å². The monoisotopic (exact) mass is 283 g/mol. The Morgan fingerprint density at radius 2 is 2.31 bits per heavy atom. The van der Waals surface area contributed by atoms with Crippen molar-refractivity contribution >= 4 is 15.9 Å². The predicted octanol–water partition coefficient (Wildman–Crippen LogP) is 3.53. The first-order valence-corrected chi connectivity index (χ1v) is 6.71. The first-order valence-electron chi connectivity index (χ1n) is 5.92. The van der Waals surface area contributed by atoms with Crippen LogP contribution in [0.4, 0.5) is 0 Å². The van der Waals surface area contributed by atoms with E-state index in [0.29, 0.717) is 11.8 Å². The van der Waals surface area contributed by atoms with Crippen molar-refractivity contribution < 1.29 is 5.11 Å². The molecular formula is C13H18BrNO. The molecule has 0 aromatic heterocycles. The molecule has 0 amide bonds. The molecule has 1 aliphatic rings. The Morgan fingerprint density at radius 3 is 3.06 bits per heavy atom. The van der Waals surface area contributed by atoms with Crippen LogP contribution < -0.4 is 0 Å². The maximum Gasteiger partial charge on any atom is 0.120 e. The lowest BCUT2D eigenvalue weighted by molar-refractivity contribution is 0.237. The smallest absolute Gasteiger partial charge is 0.120 e. The molecule has 2 rings (SSSR count). The van der Waals surface area contributed by atoms with Gasteiger partial charge in [0.05, 0.1) is 0 Å². The number of halogens is 1. The van der Waals surface area contributed by atoms with Crippen LogP contribution in [0.5, 0.6) is 5.75 Å². The van der Waals surface area contributed by atoms with Crippen molar-refractivity contribution in [3.63, 3.8) is 0 Å². The molecule has 0 spiro atoms. The second-order valence-electron chi connectivity index (χ2n) is 4.45. The van der Waals surface area contributed by atoms with E-state index in [4.69, 9.17) is 0 Å². The van der Waals surface area contributed by atoms with Crippen molar-refractivity contribution in [1.82, 2.24) is 4.90 Å². The van der Waals surface area contributed by atoms with E-state index in [1.165, 1.54) is 19.3 Å². The van der Waals surface area contributed by atoms with E-state index in [2.05, 4.69) is 27.8 Å². The molecule has 3 heteroatoms. The summed E-state index contributed by atoms with van der Waals surface area (Å²) in [6, 6.07) is 6.34. The van der Waals surface area contributed by atoms with Gasteiger partial charge in [-0.3, -0.25) is 4.90 Å². The molecule has 1 aromatic carbocycles.